The minimum atomic E-state index is -0.575. The standard InChI is InChI=1S/C26H32N2O3/c1-25(2,20-7-4-3-5-8-20)23(29)28-22-18-11-17-12-19(22)15-26(13-17,14-18)24(30)27-16-21-9-6-10-31-21/h3-10,17-19,22H,11-16H2,1-2H3,(H,27,30)(H,28,29). The molecule has 4 aliphatic carbocycles. The summed E-state index contributed by atoms with van der Waals surface area (Å²) in [7, 11) is 0. The van der Waals surface area contributed by atoms with Crippen LogP contribution in [0.3, 0.4) is 0 Å². The van der Waals surface area contributed by atoms with Gasteiger partial charge in [-0.1, -0.05) is 30.3 Å². The number of nitrogens with one attached hydrogen (secondary N) is 2. The second kappa shape index (κ2) is 7.54. The van der Waals surface area contributed by atoms with Crippen LogP contribution in [0.1, 0.15) is 57.3 Å². The molecule has 2 aromatic rings. The zero-order chi connectivity index (χ0) is 21.6. The van der Waals surface area contributed by atoms with Crippen molar-refractivity contribution in [2.24, 2.45) is 23.2 Å². The van der Waals surface area contributed by atoms with Crippen molar-refractivity contribution in [3.8, 4) is 0 Å². The van der Waals surface area contributed by atoms with Crippen LogP contribution in [0.4, 0.5) is 0 Å². The van der Waals surface area contributed by atoms with Crippen molar-refractivity contribution >= 4 is 11.8 Å². The largest absolute Gasteiger partial charge is 0.467 e. The van der Waals surface area contributed by atoms with Crippen LogP contribution in [0.2, 0.25) is 0 Å². The molecule has 0 spiro atoms. The summed E-state index contributed by atoms with van der Waals surface area (Å²) in [5.41, 5.74) is 0.179. The molecule has 4 fully saturated rings. The van der Waals surface area contributed by atoms with Crippen LogP contribution in [0.15, 0.2) is 53.1 Å². The molecular weight excluding hydrogens is 388 g/mol. The molecule has 164 valence electrons. The lowest BCUT2D eigenvalue weighted by atomic mass is 9.47. The molecule has 1 aromatic heterocycles. The predicted octanol–water partition coefficient (Wildman–Crippen LogP) is 4.18. The number of hydrogen-bond donors (Lipinski definition) is 2. The maximum atomic E-state index is 13.3. The highest BCUT2D eigenvalue weighted by molar-refractivity contribution is 5.88. The topological polar surface area (TPSA) is 71.3 Å². The average molecular weight is 421 g/mol. The molecule has 0 radical (unpaired) electrons. The second-order valence-electron chi connectivity index (χ2n) is 10.5. The summed E-state index contributed by atoms with van der Waals surface area (Å²) in [6.07, 6.45) is 6.62. The zero-order valence-electron chi connectivity index (χ0n) is 18.4. The Morgan fingerprint density at radius 3 is 2.39 bits per heavy atom. The Morgan fingerprint density at radius 1 is 1.03 bits per heavy atom. The number of benzene rings is 1. The molecule has 4 saturated carbocycles. The van der Waals surface area contributed by atoms with Crippen LogP contribution in [-0.4, -0.2) is 17.9 Å². The van der Waals surface area contributed by atoms with Gasteiger partial charge in [0.15, 0.2) is 0 Å². The summed E-state index contributed by atoms with van der Waals surface area (Å²) < 4.78 is 5.37. The van der Waals surface area contributed by atoms with Crippen molar-refractivity contribution in [3.05, 3.63) is 60.1 Å². The molecule has 6 rings (SSSR count). The second-order valence-corrected chi connectivity index (χ2v) is 10.5. The van der Waals surface area contributed by atoms with E-state index in [0.29, 0.717) is 24.3 Å². The third-order valence-corrected chi connectivity index (χ3v) is 8.12. The maximum absolute atomic E-state index is 13.3. The van der Waals surface area contributed by atoms with Gasteiger partial charge in [0.25, 0.3) is 0 Å². The number of carbonyl (C=O) groups excluding carboxylic acids is 2. The summed E-state index contributed by atoms with van der Waals surface area (Å²) in [4.78, 5) is 26.5. The molecule has 1 aromatic carbocycles. The van der Waals surface area contributed by atoms with E-state index in [2.05, 4.69) is 10.6 Å². The number of carbonyl (C=O) groups is 2. The Hall–Kier alpha value is -2.56. The van der Waals surface area contributed by atoms with Gasteiger partial charge in [0, 0.05) is 6.04 Å². The molecule has 4 bridgehead atoms. The number of rotatable bonds is 6. The Labute approximate surface area is 184 Å². The van der Waals surface area contributed by atoms with E-state index in [-0.39, 0.29) is 23.3 Å². The molecule has 0 aliphatic heterocycles. The average Bonchev–Trinajstić information content (AvgIpc) is 3.28. The Morgan fingerprint density at radius 2 is 1.74 bits per heavy atom. The summed E-state index contributed by atoms with van der Waals surface area (Å²) >= 11 is 0. The Balaban J connectivity index is 1.28. The molecule has 2 atom stereocenters. The molecule has 31 heavy (non-hydrogen) atoms. The summed E-state index contributed by atoms with van der Waals surface area (Å²) in [5.74, 6) is 2.41. The number of furan rings is 1. The first-order chi connectivity index (χ1) is 14.9. The number of hydrogen-bond acceptors (Lipinski definition) is 3. The third-order valence-electron chi connectivity index (χ3n) is 8.12. The van der Waals surface area contributed by atoms with Gasteiger partial charge in [0.1, 0.15) is 5.76 Å². The van der Waals surface area contributed by atoms with Crippen molar-refractivity contribution in [2.75, 3.05) is 0 Å². The van der Waals surface area contributed by atoms with Gasteiger partial charge in [0.2, 0.25) is 11.8 Å². The summed E-state index contributed by atoms with van der Waals surface area (Å²) in [6, 6.07) is 13.9. The monoisotopic (exact) mass is 420 g/mol. The molecule has 2 amide bonds. The fourth-order valence-electron chi connectivity index (χ4n) is 6.62. The van der Waals surface area contributed by atoms with E-state index >= 15 is 0 Å². The highest BCUT2D eigenvalue weighted by Gasteiger charge is 2.58. The minimum absolute atomic E-state index is 0.0903. The minimum Gasteiger partial charge on any atom is -0.467 e. The van der Waals surface area contributed by atoms with Crippen molar-refractivity contribution in [3.63, 3.8) is 0 Å². The fraction of sp³-hybridized carbons (Fsp3) is 0.538. The van der Waals surface area contributed by atoms with E-state index in [1.807, 2.05) is 56.3 Å². The van der Waals surface area contributed by atoms with Crippen molar-refractivity contribution < 1.29 is 14.0 Å². The van der Waals surface area contributed by atoms with Gasteiger partial charge in [-0.15, -0.1) is 0 Å². The van der Waals surface area contributed by atoms with Gasteiger partial charge in [-0.25, -0.2) is 0 Å². The zero-order valence-corrected chi connectivity index (χ0v) is 18.4. The van der Waals surface area contributed by atoms with Crippen LogP contribution in [-0.2, 0) is 21.5 Å². The maximum Gasteiger partial charge on any atom is 0.230 e. The molecule has 0 saturated heterocycles. The van der Waals surface area contributed by atoms with Gasteiger partial charge in [-0.05, 0) is 81.4 Å². The molecule has 5 heteroatoms. The normalized spacial score (nSPS) is 31.4. The van der Waals surface area contributed by atoms with Crippen LogP contribution in [0.25, 0.3) is 0 Å². The van der Waals surface area contributed by atoms with E-state index in [1.54, 1.807) is 6.26 Å². The fourth-order valence-corrected chi connectivity index (χ4v) is 6.62. The molecule has 2 unspecified atom stereocenters. The molecular formula is C26H32N2O3. The SMILES string of the molecule is CC(C)(C(=O)NC1C2CC3CC1CC(C(=O)NCc1ccco1)(C3)C2)c1ccccc1. The first-order valence-electron chi connectivity index (χ1n) is 11.5. The Bertz CT molecular complexity index is 934. The summed E-state index contributed by atoms with van der Waals surface area (Å²) in [5, 5.41) is 6.55. The first kappa shape index (κ1) is 20.3. The van der Waals surface area contributed by atoms with Crippen molar-refractivity contribution in [1.82, 2.24) is 10.6 Å². The molecule has 4 aliphatic rings. The molecule has 2 N–H and O–H groups in total. The Kier molecular flexibility index (Phi) is 4.95. The van der Waals surface area contributed by atoms with E-state index in [9.17, 15) is 9.59 Å². The third kappa shape index (κ3) is 3.58. The van der Waals surface area contributed by atoms with E-state index in [1.165, 1.54) is 0 Å². The van der Waals surface area contributed by atoms with Gasteiger partial charge in [-0.2, -0.15) is 0 Å². The van der Waals surface area contributed by atoms with Crippen LogP contribution in [0.5, 0.6) is 0 Å². The van der Waals surface area contributed by atoms with Crippen LogP contribution >= 0.6 is 0 Å². The van der Waals surface area contributed by atoms with E-state index in [4.69, 9.17) is 4.42 Å². The lowest BCUT2D eigenvalue weighted by Crippen LogP contribution is -2.63. The first-order valence-corrected chi connectivity index (χ1v) is 11.5. The molecule has 5 nitrogen and oxygen atoms in total. The van der Waals surface area contributed by atoms with E-state index < -0.39 is 5.41 Å². The van der Waals surface area contributed by atoms with Gasteiger partial charge in [0.05, 0.1) is 23.6 Å². The van der Waals surface area contributed by atoms with Gasteiger partial charge >= 0.3 is 0 Å². The van der Waals surface area contributed by atoms with Gasteiger partial charge in [-0.3, -0.25) is 9.59 Å². The number of amides is 2. The lowest BCUT2D eigenvalue weighted by molar-refractivity contribution is -0.151. The lowest BCUT2D eigenvalue weighted by Gasteiger charge is -2.59. The van der Waals surface area contributed by atoms with Gasteiger partial charge < -0.3 is 15.1 Å². The quantitative estimate of drug-likeness (QED) is 0.736. The van der Waals surface area contributed by atoms with Crippen molar-refractivity contribution in [1.29, 1.82) is 0 Å². The predicted molar refractivity (Wildman–Crippen MR) is 118 cm³/mol. The smallest absolute Gasteiger partial charge is 0.230 e. The highest BCUT2D eigenvalue weighted by atomic mass is 16.3. The van der Waals surface area contributed by atoms with Crippen LogP contribution < -0.4 is 10.6 Å². The van der Waals surface area contributed by atoms with Crippen LogP contribution in [0, 0.1) is 23.2 Å². The molecule has 1 heterocycles. The van der Waals surface area contributed by atoms with Crippen molar-refractivity contribution in [2.45, 2.75) is 64.0 Å². The highest BCUT2D eigenvalue weighted by Crippen LogP contribution is 2.60. The van der Waals surface area contributed by atoms with E-state index in [0.717, 1.165) is 43.4 Å². The summed E-state index contributed by atoms with van der Waals surface area (Å²) in [6.45, 7) is 4.44.